The molecule has 0 bridgehead atoms. The van der Waals surface area contributed by atoms with Crippen LogP contribution < -0.4 is 16.0 Å². The summed E-state index contributed by atoms with van der Waals surface area (Å²) in [4.78, 5) is 49.0. The first-order valence-electron chi connectivity index (χ1n) is 8.33. The molecule has 8 nitrogen and oxygen atoms in total. The van der Waals surface area contributed by atoms with E-state index in [-0.39, 0.29) is 11.5 Å². The van der Waals surface area contributed by atoms with Crippen LogP contribution in [0.1, 0.15) is 22.0 Å². The number of benzene rings is 2. The number of carbonyl (C=O) groups excluding carboxylic acids is 4. The first-order chi connectivity index (χ1) is 13.5. The minimum atomic E-state index is -1.31. The van der Waals surface area contributed by atoms with Crippen LogP contribution in [0.2, 0.25) is 0 Å². The standard InChI is InChI=1S/C19H17N3O5S/c1-20-19(26)22-17(24)16(11-5-3-2-4-6-11)27-18(25)12-7-8-14-13(9-12)21-15(23)10-28-14/h2-9,16H,10H2,1H3,(H,21,23)(H2,20,22,24,26)/t16-/m0/s1. The lowest BCUT2D eigenvalue weighted by molar-refractivity contribution is -0.129. The molecule has 144 valence electrons. The number of esters is 1. The molecule has 1 aliphatic rings. The summed E-state index contributed by atoms with van der Waals surface area (Å²) >= 11 is 1.37. The van der Waals surface area contributed by atoms with Crippen LogP contribution in [-0.4, -0.2) is 36.6 Å². The number of urea groups is 1. The quantitative estimate of drug-likeness (QED) is 0.679. The summed E-state index contributed by atoms with van der Waals surface area (Å²) in [5.41, 5.74) is 1.11. The highest BCUT2D eigenvalue weighted by Gasteiger charge is 2.27. The van der Waals surface area contributed by atoms with Crippen LogP contribution in [0.5, 0.6) is 0 Å². The smallest absolute Gasteiger partial charge is 0.339 e. The van der Waals surface area contributed by atoms with Crippen LogP contribution >= 0.6 is 11.8 Å². The lowest BCUT2D eigenvalue weighted by Gasteiger charge is -2.19. The molecule has 1 heterocycles. The molecule has 2 aromatic carbocycles. The highest BCUT2D eigenvalue weighted by atomic mass is 32.2. The van der Waals surface area contributed by atoms with Crippen molar-refractivity contribution in [2.45, 2.75) is 11.0 Å². The Kier molecular flexibility index (Phi) is 5.95. The van der Waals surface area contributed by atoms with Gasteiger partial charge in [-0.2, -0.15) is 0 Å². The molecule has 0 saturated carbocycles. The number of imide groups is 1. The second-order valence-corrected chi connectivity index (χ2v) is 6.83. The predicted octanol–water partition coefficient (Wildman–Crippen LogP) is 2.08. The van der Waals surface area contributed by atoms with Gasteiger partial charge in [-0.3, -0.25) is 14.9 Å². The molecule has 9 heteroatoms. The molecule has 2 aromatic rings. The van der Waals surface area contributed by atoms with Crippen molar-refractivity contribution in [2.24, 2.45) is 0 Å². The third-order valence-corrected chi connectivity index (χ3v) is 4.95. The van der Waals surface area contributed by atoms with E-state index in [1.54, 1.807) is 42.5 Å². The summed E-state index contributed by atoms with van der Waals surface area (Å²) in [6.07, 6.45) is -1.31. The van der Waals surface area contributed by atoms with Gasteiger partial charge in [-0.15, -0.1) is 11.8 Å². The van der Waals surface area contributed by atoms with Gasteiger partial charge in [0.15, 0.2) is 0 Å². The van der Waals surface area contributed by atoms with Crippen molar-refractivity contribution in [2.75, 3.05) is 18.1 Å². The SMILES string of the molecule is CNC(=O)NC(=O)[C@@H](OC(=O)c1ccc2c(c1)NC(=O)CS2)c1ccccc1. The Balaban J connectivity index is 1.83. The Hall–Kier alpha value is -3.33. The van der Waals surface area contributed by atoms with Gasteiger partial charge in [-0.1, -0.05) is 30.3 Å². The maximum absolute atomic E-state index is 12.6. The summed E-state index contributed by atoms with van der Waals surface area (Å²) in [5.74, 6) is -1.38. The van der Waals surface area contributed by atoms with Crippen LogP contribution in [-0.2, 0) is 14.3 Å². The molecule has 0 saturated heterocycles. The molecule has 28 heavy (non-hydrogen) atoms. The molecule has 0 radical (unpaired) electrons. The summed E-state index contributed by atoms with van der Waals surface area (Å²) in [5, 5.41) is 7.08. The normalized spacial score (nSPS) is 13.5. The van der Waals surface area contributed by atoms with Gasteiger partial charge in [0.25, 0.3) is 5.91 Å². The average molecular weight is 399 g/mol. The molecule has 0 unspecified atom stereocenters. The van der Waals surface area contributed by atoms with E-state index in [0.29, 0.717) is 17.0 Å². The van der Waals surface area contributed by atoms with Gasteiger partial charge in [0, 0.05) is 17.5 Å². The molecule has 0 aromatic heterocycles. The summed E-state index contributed by atoms with van der Waals surface area (Å²) < 4.78 is 5.40. The number of thioether (sulfide) groups is 1. The van der Waals surface area contributed by atoms with E-state index in [9.17, 15) is 19.2 Å². The van der Waals surface area contributed by atoms with Crippen molar-refractivity contribution in [3.05, 3.63) is 59.7 Å². The summed E-state index contributed by atoms with van der Waals surface area (Å²) in [6, 6.07) is 12.4. The highest BCUT2D eigenvalue weighted by Crippen LogP contribution is 2.32. The topological polar surface area (TPSA) is 114 Å². The van der Waals surface area contributed by atoms with Crippen molar-refractivity contribution in [1.82, 2.24) is 10.6 Å². The number of hydrogen-bond acceptors (Lipinski definition) is 6. The Morgan fingerprint density at radius 1 is 1.14 bits per heavy atom. The minimum absolute atomic E-state index is 0.157. The zero-order chi connectivity index (χ0) is 20.1. The number of fused-ring (bicyclic) bond motifs is 1. The van der Waals surface area contributed by atoms with Crippen LogP contribution in [0.15, 0.2) is 53.4 Å². The molecular formula is C19H17N3O5S. The van der Waals surface area contributed by atoms with Crippen LogP contribution in [0.3, 0.4) is 0 Å². The number of nitrogens with one attached hydrogen (secondary N) is 3. The second kappa shape index (κ2) is 8.57. The Labute approximate surface area is 165 Å². The molecule has 1 aliphatic heterocycles. The van der Waals surface area contributed by atoms with Gasteiger partial charge in [-0.05, 0) is 18.2 Å². The van der Waals surface area contributed by atoms with E-state index >= 15 is 0 Å². The molecule has 0 spiro atoms. The Bertz CT molecular complexity index is 932. The maximum atomic E-state index is 12.6. The summed E-state index contributed by atoms with van der Waals surface area (Å²) in [7, 11) is 1.37. The Morgan fingerprint density at radius 3 is 2.61 bits per heavy atom. The van der Waals surface area contributed by atoms with Gasteiger partial charge in [0.2, 0.25) is 12.0 Å². The van der Waals surface area contributed by atoms with E-state index in [4.69, 9.17) is 4.74 Å². The van der Waals surface area contributed by atoms with Crippen molar-refractivity contribution in [3.8, 4) is 0 Å². The first-order valence-corrected chi connectivity index (χ1v) is 9.31. The van der Waals surface area contributed by atoms with E-state index in [1.165, 1.54) is 24.9 Å². The number of anilines is 1. The highest BCUT2D eigenvalue weighted by molar-refractivity contribution is 8.00. The zero-order valence-electron chi connectivity index (χ0n) is 14.9. The fraction of sp³-hybridized carbons (Fsp3) is 0.158. The largest absolute Gasteiger partial charge is 0.444 e. The molecule has 0 aliphatic carbocycles. The van der Waals surface area contributed by atoms with Gasteiger partial charge >= 0.3 is 12.0 Å². The molecule has 0 fully saturated rings. The molecule has 1 atom stereocenters. The molecule has 4 amide bonds. The number of rotatable bonds is 4. The van der Waals surface area contributed by atoms with Crippen molar-refractivity contribution >= 4 is 41.3 Å². The van der Waals surface area contributed by atoms with Crippen LogP contribution in [0, 0.1) is 0 Å². The van der Waals surface area contributed by atoms with Crippen molar-refractivity contribution in [3.63, 3.8) is 0 Å². The lowest BCUT2D eigenvalue weighted by Crippen LogP contribution is -2.41. The van der Waals surface area contributed by atoms with Crippen LogP contribution in [0.4, 0.5) is 10.5 Å². The number of ether oxygens (including phenoxy) is 1. The van der Waals surface area contributed by atoms with E-state index in [0.717, 1.165) is 4.90 Å². The third-order valence-electron chi connectivity index (χ3n) is 3.88. The number of carbonyl (C=O) groups is 4. The zero-order valence-corrected chi connectivity index (χ0v) is 15.7. The van der Waals surface area contributed by atoms with Gasteiger partial charge in [0.05, 0.1) is 17.0 Å². The molecule has 3 rings (SSSR count). The first kappa shape index (κ1) is 19.4. The average Bonchev–Trinajstić information content (AvgIpc) is 2.71. The van der Waals surface area contributed by atoms with Gasteiger partial charge < -0.3 is 15.4 Å². The molecule has 3 N–H and O–H groups in total. The van der Waals surface area contributed by atoms with E-state index in [2.05, 4.69) is 16.0 Å². The van der Waals surface area contributed by atoms with Gasteiger partial charge in [-0.25, -0.2) is 9.59 Å². The monoisotopic (exact) mass is 399 g/mol. The third kappa shape index (κ3) is 4.49. The fourth-order valence-electron chi connectivity index (χ4n) is 2.53. The predicted molar refractivity (Wildman–Crippen MR) is 103 cm³/mol. The fourth-order valence-corrected chi connectivity index (χ4v) is 3.31. The number of amides is 4. The van der Waals surface area contributed by atoms with E-state index < -0.39 is 24.0 Å². The number of hydrogen-bond donors (Lipinski definition) is 3. The second-order valence-electron chi connectivity index (χ2n) is 5.81. The van der Waals surface area contributed by atoms with E-state index in [1.807, 2.05) is 0 Å². The minimum Gasteiger partial charge on any atom is -0.444 e. The Morgan fingerprint density at radius 2 is 1.89 bits per heavy atom. The van der Waals surface area contributed by atoms with Crippen molar-refractivity contribution < 1.29 is 23.9 Å². The maximum Gasteiger partial charge on any atom is 0.339 e. The summed E-state index contributed by atoms with van der Waals surface area (Å²) in [6.45, 7) is 0. The lowest BCUT2D eigenvalue weighted by atomic mass is 10.1. The van der Waals surface area contributed by atoms with Crippen molar-refractivity contribution in [1.29, 1.82) is 0 Å². The van der Waals surface area contributed by atoms with Gasteiger partial charge in [0.1, 0.15) is 0 Å². The molecular weight excluding hydrogens is 382 g/mol. The van der Waals surface area contributed by atoms with Crippen LogP contribution in [0.25, 0.3) is 0 Å².